The van der Waals surface area contributed by atoms with Gasteiger partial charge < -0.3 is 4.74 Å². The average molecular weight is 210 g/mol. The molecule has 0 spiro atoms. The second-order valence-corrected chi connectivity index (χ2v) is 3.85. The lowest BCUT2D eigenvalue weighted by Gasteiger charge is -2.37. The zero-order valence-corrected chi connectivity index (χ0v) is 8.82. The molecule has 15 heavy (non-hydrogen) atoms. The third kappa shape index (κ3) is 2.45. The Morgan fingerprint density at radius 2 is 2.47 bits per heavy atom. The Morgan fingerprint density at radius 3 is 2.93 bits per heavy atom. The monoisotopic (exact) mass is 210 g/mol. The van der Waals surface area contributed by atoms with Crippen molar-refractivity contribution in [3.05, 3.63) is 24.0 Å². The van der Waals surface area contributed by atoms with E-state index in [9.17, 15) is 4.39 Å². The molecule has 2 rings (SSSR count). The maximum atomic E-state index is 12.2. The van der Waals surface area contributed by atoms with E-state index in [0.717, 1.165) is 6.54 Å². The summed E-state index contributed by atoms with van der Waals surface area (Å²) in [4.78, 5) is 6.18. The van der Waals surface area contributed by atoms with Crippen LogP contribution in [-0.4, -0.2) is 36.1 Å². The molecule has 0 saturated carbocycles. The molecule has 0 amide bonds. The van der Waals surface area contributed by atoms with Crippen LogP contribution in [0.5, 0.6) is 5.75 Å². The number of rotatable bonds is 4. The minimum absolute atomic E-state index is 0.447. The van der Waals surface area contributed by atoms with Gasteiger partial charge in [-0.2, -0.15) is 0 Å². The summed E-state index contributed by atoms with van der Waals surface area (Å²) in [5, 5.41) is 0. The van der Waals surface area contributed by atoms with Crippen molar-refractivity contribution >= 4 is 0 Å². The molecule has 0 radical (unpaired) electrons. The number of alkyl halides is 1. The van der Waals surface area contributed by atoms with Crippen molar-refractivity contribution in [3.63, 3.8) is 0 Å². The van der Waals surface area contributed by atoms with E-state index < -0.39 is 6.67 Å². The van der Waals surface area contributed by atoms with Crippen LogP contribution in [0.3, 0.4) is 0 Å². The molecular weight excluding hydrogens is 195 g/mol. The molecule has 2 heterocycles. The van der Waals surface area contributed by atoms with Crippen LogP contribution < -0.4 is 4.74 Å². The fraction of sp³-hybridized carbons (Fsp3) is 0.545. The fourth-order valence-electron chi connectivity index (χ4n) is 1.55. The van der Waals surface area contributed by atoms with Crippen LogP contribution >= 0.6 is 0 Å². The lowest BCUT2D eigenvalue weighted by molar-refractivity contribution is 0.0767. The molecular formula is C11H15FN2O. The highest BCUT2D eigenvalue weighted by molar-refractivity contribution is 5.19. The minimum atomic E-state index is -0.522. The van der Waals surface area contributed by atoms with Crippen molar-refractivity contribution in [1.29, 1.82) is 0 Å². The van der Waals surface area contributed by atoms with Crippen molar-refractivity contribution in [2.24, 2.45) is 0 Å². The molecule has 3 nitrogen and oxygen atoms in total. The van der Waals surface area contributed by atoms with Crippen LogP contribution in [0.15, 0.2) is 18.3 Å². The van der Waals surface area contributed by atoms with Gasteiger partial charge in [0.05, 0.1) is 11.9 Å². The molecule has 0 unspecified atom stereocenters. The molecule has 0 bridgehead atoms. The van der Waals surface area contributed by atoms with Crippen LogP contribution in [-0.2, 0) is 6.67 Å². The molecule has 4 heteroatoms. The van der Waals surface area contributed by atoms with Crippen LogP contribution in [0.2, 0.25) is 0 Å². The number of hydrogen-bond donors (Lipinski definition) is 0. The zero-order valence-electron chi connectivity index (χ0n) is 8.82. The van der Waals surface area contributed by atoms with E-state index in [4.69, 9.17) is 4.74 Å². The SMILES string of the molecule is CN1CC[C@@H]1COc1ccc(CF)nc1. The van der Waals surface area contributed by atoms with E-state index in [-0.39, 0.29) is 0 Å². The Kier molecular flexibility index (Phi) is 3.16. The van der Waals surface area contributed by atoms with Crippen LogP contribution in [0.4, 0.5) is 4.39 Å². The first kappa shape index (κ1) is 10.4. The molecule has 1 aromatic rings. The van der Waals surface area contributed by atoms with Gasteiger partial charge in [0.25, 0.3) is 0 Å². The smallest absolute Gasteiger partial charge is 0.137 e. The number of pyridine rings is 1. The molecule has 1 fully saturated rings. The summed E-state index contributed by atoms with van der Waals surface area (Å²) >= 11 is 0. The Balaban J connectivity index is 1.82. The number of nitrogens with zero attached hydrogens (tertiary/aromatic N) is 2. The standard InChI is InChI=1S/C11H15FN2O/c1-14-5-4-10(14)8-15-11-3-2-9(6-12)13-7-11/h2-3,7,10H,4-6,8H2,1H3/t10-/m1/s1. The first-order valence-electron chi connectivity index (χ1n) is 5.13. The van der Waals surface area contributed by atoms with Crippen LogP contribution in [0.1, 0.15) is 12.1 Å². The van der Waals surface area contributed by atoms with Gasteiger partial charge >= 0.3 is 0 Å². The summed E-state index contributed by atoms with van der Waals surface area (Å²) in [6.45, 7) is 1.31. The third-order valence-electron chi connectivity index (χ3n) is 2.82. The second-order valence-electron chi connectivity index (χ2n) is 3.85. The summed E-state index contributed by atoms with van der Waals surface area (Å²) in [6, 6.07) is 3.94. The third-order valence-corrected chi connectivity index (χ3v) is 2.82. The number of likely N-dealkylation sites (N-methyl/N-ethyl adjacent to an activating group) is 1. The Morgan fingerprint density at radius 1 is 1.60 bits per heavy atom. The Hall–Kier alpha value is -1.16. The predicted molar refractivity (Wildman–Crippen MR) is 55.6 cm³/mol. The molecule has 1 aromatic heterocycles. The van der Waals surface area contributed by atoms with E-state index in [1.54, 1.807) is 18.3 Å². The van der Waals surface area contributed by atoms with Crippen molar-refractivity contribution in [1.82, 2.24) is 9.88 Å². The average Bonchev–Trinajstić information content (AvgIpc) is 2.28. The maximum Gasteiger partial charge on any atom is 0.137 e. The first-order valence-corrected chi connectivity index (χ1v) is 5.13. The molecule has 82 valence electrons. The number of aromatic nitrogens is 1. The van der Waals surface area contributed by atoms with E-state index in [0.29, 0.717) is 24.1 Å². The van der Waals surface area contributed by atoms with Gasteiger partial charge in [0.2, 0.25) is 0 Å². The highest BCUT2D eigenvalue weighted by Gasteiger charge is 2.24. The zero-order chi connectivity index (χ0) is 10.7. The molecule has 1 atom stereocenters. The van der Waals surface area contributed by atoms with E-state index in [2.05, 4.69) is 16.9 Å². The normalized spacial score (nSPS) is 21.1. The van der Waals surface area contributed by atoms with Gasteiger partial charge in [-0.3, -0.25) is 9.88 Å². The van der Waals surface area contributed by atoms with Gasteiger partial charge in [-0.05, 0) is 32.1 Å². The summed E-state index contributed by atoms with van der Waals surface area (Å²) in [5.74, 6) is 0.715. The van der Waals surface area contributed by atoms with Gasteiger partial charge in [-0.15, -0.1) is 0 Å². The molecule has 1 aliphatic heterocycles. The van der Waals surface area contributed by atoms with Crippen LogP contribution in [0, 0.1) is 0 Å². The quantitative estimate of drug-likeness (QED) is 0.755. The van der Waals surface area contributed by atoms with Crippen molar-refractivity contribution in [2.45, 2.75) is 19.1 Å². The second kappa shape index (κ2) is 4.57. The lowest BCUT2D eigenvalue weighted by atomic mass is 10.1. The van der Waals surface area contributed by atoms with Crippen molar-refractivity contribution in [3.8, 4) is 5.75 Å². The van der Waals surface area contributed by atoms with Gasteiger partial charge in [0.1, 0.15) is 19.0 Å². The molecule has 1 aliphatic rings. The summed E-state index contributed by atoms with van der Waals surface area (Å²) < 4.78 is 17.7. The van der Waals surface area contributed by atoms with E-state index in [1.165, 1.54) is 6.42 Å². The number of halogens is 1. The Bertz CT molecular complexity index is 315. The highest BCUT2D eigenvalue weighted by atomic mass is 19.1. The maximum absolute atomic E-state index is 12.2. The van der Waals surface area contributed by atoms with Crippen molar-refractivity contribution < 1.29 is 9.13 Å². The number of hydrogen-bond acceptors (Lipinski definition) is 3. The Labute approximate surface area is 88.9 Å². The summed E-state index contributed by atoms with van der Waals surface area (Å²) in [7, 11) is 2.09. The summed E-state index contributed by atoms with van der Waals surface area (Å²) in [6.07, 6.45) is 2.76. The van der Waals surface area contributed by atoms with Gasteiger partial charge in [-0.25, -0.2) is 4.39 Å². The largest absolute Gasteiger partial charge is 0.490 e. The van der Waals surface area contributed by atoms with E-state index in [1.807, 2.05) is 0 Å². The molecule has 0 aliphatic carbocycles. The minimum Gasteiger partial charge on any atom is -0.490 e. The fourth-order valence-corrected chi connectivity index (χ4v) is 1.55. The topological polar surface area (TPSA) is 25.4 Å². The van der Waals surface area contributed by atoms with Gasteiger partial charge in [-0.1, -0.05) is 0 Å². The van der Waals surface area contributed by atoms with Crippen LogP contribution in [0.25, 0.3) is 0 Å². The number of likely N-dealkylation sites (tertiary alicyclic amines) is 1. The van der Waals surface area contributed by atoms with E-state index >= 15 is 0 Å². The highest BCUT2D eigenvalue weighted by Crippen LogP contribution is 2.16. The lowest BCUT2D eigenvalue weighted by Crippen LogP contribution is -2.48. The predicted octanol–water partition coefficient (Wildman–Crippen LogP) is 1.63. The van der Waals surface area contributed by atoms with Crippen molar-refractivity contribution in [2.75, 3.05) is 20.2 Å². The number of ether oxygens (including phenoxy) is 1. The van der Waals surface area contributed by atoms with Gasteiger partial charge in [0, 0.05) is 6.04 Å². The summed E-state index contributed by atoms with van der Waals surface area (Å²) in [5.41, 5.74) is 0.447. The molecule has 0 N–H and O–H groups in total. The van der Waals surface area contributed by atoms with Gasteiger partial charge in [0.15, 0.2) is 0 Å². The first-order chi connectivity index (χ1) is 7.29. The molecule has 1 saturated heterocycles. The molecule has 0 aromatic carbocycles.